The summed E-state index contributed by atoms with van der Waals surface area (Å²) in [6, 6.07) is 3.25. The molecule has 0 aliphatic carbocycles. The highest BCUT2D eigenvalue weighted by Crippen LogP contribution is 2.35. The second-order valence-electron chi connectivity index (χ2n) is 6.02. The molecule has 28 heavy (non-hydrogen) atoms. The number of ether oxygens (including phenoxy) is 1. The Hall–Kier alpha value is -2.97. The molecular weight excluding hydrogens is 400 g/mol. The lowest BCUT2D eigenvalue weighted by Crippen LogP contribution is -2.22. The molecule has 0 amide bonds. The van der Waals surface area contributed by atoms with Gasteiger partial charge in [0, 0.05) is 24.2 Å². The molecule has 4 rings (SSSR count). The van der Waals surface area contributed by atoms with E-state index in [1.54, 1.807) is 36.8 Å². The second kappa shape index (κ2) is 7.57. The maximum Gasteiger partial charge on any atom is 0.274 e. The van der Waals surface area contributed by atoms with Crippen LogP contribution in [0.25, 0.3) is 22.3 Å². The monoisotopic (exact) mass is 414 g/mol. The number of phenolic OH excluding ortho intramolecular Hbond substituents is 1. The molecule has 3 heterocycles. The van der Waals surface area contributed by atoms with Gasteiger partial charge in [0.2, 0.25) is 0 Å². The summed E-state index contributed by atoms with van der Waals surface area (Å²) in [5.41, 5.74) is 1.85. The van der Waals surface area contributed by atoms with Crippen molar-refractivity contribution in [2.45, 2.75) is 13.3 Å². The number of benzene rings is 1. The quantitative estimate of drug-likeness (QED) is 0.540. The fourth-order valence-electron chi connectivity index (χ4n) is 2.65. The number of aromatic hydroxyl groups is 1. The van der Waals surface area contributed by atoms with Crippen LogP contribution in [0.2, 0.25) is 5.02 Å². The van der Waals surface area contributed by atoms with Gasteiger partial charge < -0.3 is 9.84 Å². The average molecular weight is 415 g/mol. The SMILES string of the molecule is CCCOc1cc(/C=c2\sc3nc(-c4cncnc4)cn3c2=O)cc(Cl)c1O. The van der Waals surface area contributed by atoms with E-state index in [4.69, 9.17) is 16.3 Å². The highest BCUT2D eigenvalue weighted by molar-refractivity contribution is 7.15. The number of hydrogen-bond donors (Lipinski definition) is 1. The van der Waals surface area contributed by atoms with E-state index in [9.17, 15) is 9.90 Å². The zero-order valence-corrected chi connectivity index (χ0v) is 16.4. The van der Waals surface area contributed by atoms with Gasteiger partial charge >= 0.3 is 0 Å². The molecule has 0 unspecified atom stereocenters. The van der Waals surface area contributed by atoms with Crippen molar-refractivity contribution < 1.29 is 9.84 Å². The number of thiazole rings is 1. The lowest BCUT2D eigenvalue weighted by atomic mass is 10.2. The van der Waals surface area contributed by atoms with Gasteiger partial charge in [-0.1, -0.05) is 29.9 Å². The van der Waals surface area contributed by atoms with Gasteiger partial charge in [0.25, 0.3) is 5.56 Å². The number of nitrogens with zero attached hydrogens (tertiary/aromatic N) is 4. The zero-order valence-electron chi connectivity index (χ0n) is 14.8. The molecule has 7 nitrogen and oxygen atoms in total. The molecule has 1 N–H and O–H groups in total. The minimum atomic E-state index is -0.184. The van der Waals surface area contributed by atoms with Crippen molar-refractivity contribution in [3.05, 3.63) is 62.5 Å². The third-order valence-electron chi connectivity index (χ3n) is 3.97. The summed E-state index contributed by atoms with van der Waals surface area (Å²) < 4.78 is 7.52. The normalized spacial score (nSPS) is 12.0. The Morgan fingerprint density at radius 3 is 2.82 bits per heavy atom. The van der Waals surface area contributed by atoms with Crippen molar-refractivity contribution in [3.63, 3.8) is 0 Å². The topological polar surface area (TPSA) is 89.6 Å². The summed E-state index contributed by atoms with van der Waals surface area (Å²) in [4.78, 5) is 25.7. The summed E-state index contributed by atoms with van der Waals surface area (Å²) in [6.07, 6.45) is 8.91. The maximum absolute atomic E-state index is 12.7. The zero-order chi connectivity index (χ0) is 19.7. The van der Waals surface area contributed by atoms with Crippen molar-refractivity contribution in [1.29, 1.82) is 0 Å². The van der Waals surface area contributed by atoms with Crippen molar-refractivity contribution >= 4 is 34.0 Å². The van der Waals surface area contributed by atoms with Crippen molar-refractivity contribution in [3.8, 4) is 22.8 Å². The first kappa shape index (κ1) is 18.4. The molecule has 0 radical (unpaired) electrons. The van der Waals surface area contributed by atoms with Crippen LogP contribution in [0.15, 0.2) is 41.8 Å². The number of halogens is 1. The highest BCUT2D eigenvalue weighted by Gasteiger charge is 2.12. The van der Waals surface area contributed by atoms with Gasteiger partial charge in [-0.3, -0.25) is 9.20 Å². The first-order valence-electron chi connectivity index (χ1n) is 8.51. The van der Waals surface area contributed by atoms with Crippen LogP contribution in [0.1, 0.15) is 18.9 Å². The van der Waals surface area contributed by atoms with Crippen molar-refractivity contribution in [2.75, 3.05) is 6.61 Å². The van der Waals surface area contributed by atoms with Crippen LogP contribution in [0.3, 0.4) is 0 Å². The van der Waals surface area contributed by atoms with E-state index in [0.29, 0.717) is 33.1 Å². The van der Waals surface area contributed by atoms with Gasteiger partial charge in [-0.05, 0) is 30.2 Å². The van der Waals surface area contributed by atoms with Gasteiger partial charge in [-0.2, -0.15) is 0 Å². The van der Waals surface area contributed by atoms with Gasteiger partial charge in [0.1, 0.15) is 6.33 Å². The average Bonchev–Trinajstić information content (AvgIpc) is 3.24. The Kier molecular flexibility index (Phi) is 4.97. The van der Waals surface area contributed by atoms with Gasteiger partial charge in [0.05, 0.1) is 21.9 Å². The van der Waals surface area contributed by atoms with Gasteiger partial charge in [0.15, 0.2) is 16.5 Å². The third-order valence-corrected chi connectivity index (χ3v) is 5.24. The fourth-order valence-corrected chi connectivity index (χ4v) is 3.83. The van der Waals surface area contributed by atoms with Gasteiger partial charge in [-0.15, -0.1) is 0 Å². The first-order valence-corrected chi connectivity index (χ1v) is 9.70. The third kappa shape index (κ3) is 3.44. The predicted molar refractivity (Wildman–Crippen MR) is 108 cm³/mol. The molecule has 3 aromatic heterocycles. The molecule has 4 aromatic rings. The number of imidazole rings is 1. The van der Waals surface area contributed by atoms with Crippen LogP contribution in [-0.4, -0.2) is 31.1 Å². The minimum Gasteiger partial charge on any atom is -0.503 e. The number of rotatable bonds is 5. The molecule has 1 aromatic carbocycles. The largest absolute Gasteiger partial charge is 0.503 e. The predicted octanol–water partition coefficient (Wildman–Crippen LogP) is 2.91. The van der Waals surface area contributed by atoms with E-state index >= 15 is 0 Å². The first-order chi connectivity index (χ1) is 13.6. The highest BCUT2D eigenvalue weighted by atomic mass is 35.5. The number of phenols is 1. The number of aromatic nitrogens is 4. The Morgan fingerprint density at radius 1 is 1.32 bits per heavy atom. The molecule has 0 aliphatic heterocycles. The Bertz CT molecular complexity index is 1250. The number of fused-ring (bicyclic) bond motifs is 1. The molecule has 0 atom stereocenters. The van der Waals surface area contributed by atoms with E-state index in [2.05, 4.69) is 15.0 Å². The number of hydrogen-bond acceptors (Lipinski definition) is 7. The van der Waals surface area contributed by atoms with E-state index in [1.807, 2.05) is 6.92 Å². The van der Waals surface area contributed by atoms with Crippen LogP contribution in [-0.2, 0) is 0 Å². The Morgan fingerprint density at radius 2 is 2.11 bits per heavy atom. The summed E-state index contributed by atoms with van der Waals surface area (Å²) in [7, 11) is 0. The fraction of sp³-hybridized carbons (Fsp3) is 0.158. The molecule has 0 saturated carbocycles. The van der Waals surface area contributed by atoms with Crippen LogP contribution < -0.4 is 14.8 Å². The molecular formula is C19H15ClN4O3S. The minimum absolute atomic E-state index is 0.106. The van der Waals surface area contributed by atoms with Crippen LogP contribution >= 0.6 is 22.9 Å². The summed E-state index contributed by atoms with van der Waals surface area (Å²) >= 11 is 7.36. The smallest absolute Gasteiger partial charge is 0.274 e. The van der Waals surface area contributed by atoms with Crippen molar-refractivity contribution in [2.24, 2.45) is 0 Å². The van der Waals surface area contributed by atoms with Crippen LogP contribution in [0.5, 0.6) is 11.5 Å². The molecule has 0 saturated heterocycles. The Balaban J connectivity index is 1.76. The molecule has 0 bridgehead atoms. The molecule has 0 fully saturated rings. The van der Waals surface area contributed by atoms with Crippen LogP contribution in [0, 0.1) is 0 Å². The van der Waals surface area contributed by atoms with Gasteiger partial charge in [-0.25, -0.2) is 15.0 Å². The Labute approximate surface area is 168 Å². The van der Waals surface area contributed by atoms with E-state index < -0.39 is 0 Å². The summed E-state index contributed by atoms with van der Waals surface area (Å²) in [6.45, 7) is 2.43. The summed E-state index contributed by atoms with van der Waals surface area (Å²) in [5, 5.41) is 10.2. The molecule has 0 aliphatic rings. The second-order valence-corrected chi connectivity index (χ2v) is 7.44. The lowest BCUT2D eigenvalue weighted by Gasteiger charge is -2.09. The summed E-state index contributed by atoms with van der Waals surface area (Å²) in [5.74, 6) is 0.186. The lowest BCUT2D eigenvalue weighted by molar-refractivity contribution is 0.299. The van der Waals surface area contributed by atoms with E-state index in [-0.39, 0.29) is 16.3 Å². The molecule has 142 valence electrons. The standard InChI is InChI=1S/C19H15ClN4O3S/c1-2-3-27-15-5-11(4-13(20)17(15)25)6-16-18(26)24-9-14(23-19(24)28-16)12-7-21-10-22-8-12/h4-10,25H,2-3H2,1H3/b16-6-. The maximum atomic E-state index is 12.7. The molecule has 0 spiro atoms. The van der Waals surface area contributed by atoms with E-state index in [1.165, 1.54) is 22.1 Å². The van der Waals surface area contributed by atoms with E-state index in [0.717, 1.165) is 12.0 Å². The molecule has 9 heteroatoms. The van der Waals surface area contributed by atoms with Crippen LogP contribution in [0.4, 0.5) is 0 Å². The van der Waals surface area contributed by atoms with Crippen molar-refractivity contribution in [1.82, 2.24) is 19.4 Å².